The predicted octanol–water partition coefficient (Wildman–Crippen LogP) is 1.01. The summed E-state index contributed by atoms with van der Waals surface area (Å²) in [5.74, 6) is 1.91. The molecule has 70 valence electrons. The fourth-order valence-electron chi connectivity index (χ4n) is 2.29. The molecule has 4 atom stereocenters. The zero-order valence-corrected chi connectivity index (χ0v) is 7.96. The first-order valence-corrected chi connectivity index (χ1v) is 5.80. The lowest BCUT2D eigenvalue weighted by atomic mass is 9.82. The molecule has 2 fully saturated rings. The van der Waals surface area contributed by atoms with Crippen LogP contribution in [0.25, 0.3) is 0 Å². The number of hydrogen-bond acceptors (Lipinski definition) is 3. The topological polar surface area (TPSA) is 40.5 Å². The summed E-state index contributed by atoms with van der Waals surface area (Å²) in [6.07, 6.45) is 3.24. The van der Waals surface area contributed by atoms with Crippen molar-refractivity contribution in [2.24, 2.45) is 5.92 Å². The normalized spacial score (nSPS) is 48.5. The number of aliphatic hydroxyl groups excluding tert-OH is 2. The quantitative estimate of drug-likeness (QED) is 0.596. The average Bonchev–Trinajstić information content (AvgIpc) is 2.07. The van der Waals surface area contributed by atoms with Gasteiger partial charge in [-0.1, -0.05) is 0 Å². The molecule has 1 saturated heterocycles. The van der Waals surface area contributed by atoms with Crippen LogP contribution in [0.15, 0.2) is 0 Å². The summed E-state index contributed by atoms with van der Waals surface area (Å²) in [5, 5.41) is 19.5. The van der Waals surface area contributed by atoms with Crippen molar-refractivity contribution in [3.8, 4) is 0 Å². The van der Waals surface area contributed by atoms with E-state index in [4.69, 9.17) is 0 Å². The van der Waals surface area contributed by atoms with Gasteiger partial charge in [0.1, 0.15) is 0 Å². The molecule has 0 spiro atoms. The highest BCUT2D eigenvalue weighted by atomic mass is 32.2. The minimum Gasteiger partial charge on any atom is -0.390 e. The zero-order valence-electron chi connectivity index (χ0n) is 7.15. The monoisotopic (exact) mass is 188 g/mol. The van der Waals surface area contributed by atoms with E-state index in [1.165, 1.54) is 18.6 Å². The highest BCUT2D eigenvalue weighted by molar-refractivity contribution is 7.99. The summed E-state index contributed by atoms with van der Waals surface area (Å²) < 4.78 is 0. The summed E-state index contributed by atoms with van der Waals surface area (Å²) in [6.45, 7) is 0. The summed E-state index contributed by atoms with van der Waals surface area (Å²) in [6, 6.07) is 0. The summed E-state index contributed by atoms with van der Waals surface area (Å²) in [4.78, 5) is 0. The minimum absolute atomic E-state index is 0.454. The van der Waals surface area contributed by atoms with Gasteiger partial charge < -0.3 is 10.2 Å². The smallest absolute Gasteiger partial charge is 0.0809 e. The lowest BCUT2D eigenvalue weighted by molar-refractivity contribution is -0.0246. The van der Waals surface area contributed by atoms with Crippen molar-refractivity contribution in [2.45, 2.75) is 43.1 Å². The molecule has 2 aliphatic rings. The number of hydrogen-bond donors (Lipinski definition) is 2. The predicted molar refractivity (Wildman–Crippen MR) is 50.2 cm³/mol. The Morgan fingerprint density at radius 2 is 1.83 bits per heavy atom. The van der Waals surface area contributed by atoms with Gasteiger partial charge in [0.25, 0.3) is 0 Å². The fraction of sp³-hybridized carbons (Fsp3) is 1.00. The van der Waals surface area contributed by atoms with E-state index >= 15 is 0 Å². The molecule has 4 unspecified atom stereocenters. The van der Waals surface area contributed by atoms with Gasteiger partial charge >= 0.3 is 0 Å². The first-order chi connectivity index (χ1) is 5.77. The van der Waals surface area contributed by atoms with Crippen LogP contribution < -0.4 is 0 Å². The van der Waals surface area contributed by atoms with Gasteiger partial charge in [0.2, 0.25) is 0 Å². The summed E-state index contributed by atoms with van der Waals surface area (Å²) in [5.41, 5.74) is 0. The molecule has 3 heteroatoms. The molecule has 0 aromatic heterocycles. The summed E-state index contributed by atoms with van der Waals surface area (Å²) in [7, 11) is 0. The van der Waals surface area contributed by atoms with Crippen LogP contribution >= 0.6 is 11.8 Å². The Bertz CT molecular complexity index is 145. The van der Waals surface area contributed by atoms with Gasteiger partial charge in [0, 0.05) is 5.25 Å². The molecule has 12 heavy (non-hydrogen) atoms. The Hall–Kier alpha value is 0.270. The molecular weight excluding hydrogens is 172 g/mol. The van der Waals surface area contributed by atoms with Crippen LogP contribution in [0.2, 0.25) is 0 Å². The van der Waals surface area contributed by atoms with Crippen LogP contribution in [0, 0.1) is 5.92 Å². The van der Waals surface area contributed by atoms with Crippen LogP contribution in [0.5, 0.6) is 0 Å². The van der Waals surface area contributed by atoms with Gasteiger partial charge in [0.15, 0.2) is 0 Å². The van der Waals surface area contributed by atoms with E-state index in [0.29, 0.717) is 11.2 Å². The average molecular weight is 188 g/mol. The van der Waals surface area contributed by atoms with Crippen molar-refractivity contribution < 1.29 is 10.2 Å². The molecule has 1 heterocycles. The highest BCUT2D eigenvalue weighted by Gasteiger charge is 2.36. The van der Waals surface area contributed by atoms with Gasteiger partial charge in [-0.15, -0.1) is 0 Å². The second kappa shape index (κ2) is 3.56. The lowest BCUT2D eigenvalue weighted by Gasteiger charge is -2.39. The number of aliphatic hydroxyl groups is 2. The maximum atomic E-state index is 9.46. The molecule has 2 nitrogen and oxygen atoms in total. The Labute approximate surface area is 77.4 Å². The van der Waals surface area contributed by atoms with E-state index in [2.05, 4.69) is 0 Å². The van der Waals surface area contributed by atoms with Crippen LogP contribution in [-0.2, 0) is 0 Å². The third-order valence-electron chi connectivity index (χ3n) is 3.04. The minimum atomic E-state index is -0.461. The Balaban J connectivity index is 1.98. The van der Waals surface area contributed by atoms with E-state index in [1.54, 1.807) is 0 Å². The molecule has 0 aromatic rings. The summed E-state index contributed by atoms with van der Waals surface area (Å²) >= 11 is 1.98. The number of fused-ring (bicyclic) bond motifs is 1. The molecular formula is C9H16O2S. The van der Waals surface area contributed by atoms with Crippen molar-refractivity contribution in [3.63, 3.8) is 0 Å². The highest BCUT2D eigenvalue weighted by Crippen LogP contribution is 2.40. The maximum absolute atomic E-state index is 9.46. The van der Waals surface area contributed by atoms with Crippen molar-refractivity contribution in [1.29, 1.82) is 0 Å². The molecule has 0 aromatic carbocycles. The first-order valence-electron chi connectivity index (χ1n) is 4.75. The Morgan fingerprint density at radius 1 is 1.08 bits per heavy atom. The molecule has 2 rings (SSSR count). The van der Waals surface area contributed by atoms with Crippen LogP contribution in [0.4, 0.5) is 0 Å². The fourth-order valence-corrected chi connectivity index (χ4v) is 3.78. The molecule has 0 amide bonds. The van der Waals surface area contributed by atoms with E-state index in [-0.39, 0.29) is 0 Å². The molecule has 1 saturated carbocycles. The molecule has 0 radical (unpaired) electrons. The number of thioether (sulfide) groups is 1. The van der Waals surface area contributed by atoms with Crippen LogP contribution in [0.3, 0.4) is 0 Å². The van der Waals surface area contributed by atoms with Crippen molar-refractivity contribution in [1.82, 2.24) is 0 Å². The van der Waals surface area contributed by atoms with Gasteiger partial charge in [-0.3, -0.25) is 0 Å². The van der Waals surface area contributed by atoms with Gasteiger partial charge in [0.05, 0.1) is 12.2 Å². The second-order valence-electron chi connectivity index (χ2n) is 3.92. The standard InChI is InChI=1S/C9H16O2S/c10-7-4-6-2-1-3-12-9(6)5-8(7)11/h6-11H,1-5H2. The van der Waals surface area contributed by atoms with Crippen molar-refractivity contribution in [2.75, 3.05) is 5.75 Å². The zero-order chi connectivity index (χ0) is 8.55. The van der Waals surface area contributed by atoms with E-state index < -0.39 is 12.2 Å². The number of rotatable bonds is 0. The molecule has 0 bridgehead atoms. The molecule has 2 N–H and O–H groups in total. The van der Waals surface area contributed by atoms with E-state index in [9.17, 15) is 10.2 Å². The van der Waals surface area contributed by atoms with Crippen LogP contribution in [0.1, 0.15) is 25.7 Å². The Kier molecular flexibility index (Phi) is 2.63. The van der Waals surface area contributed by atoms with E-state index in [1.807, 2.05) is 11.8 Å². The van der Waals surface area contributed by atoms with Gasteiger partial charge in [-0.25, -0.2) is 0 Å². The molecule has 1 aliphatic carbocycles. The SMILES string of the molecule is OC1CC2CCCSC2CC1O. The van der Waals surface area contributed by atoms with E-state index in [0.717, 1.165) is 12.8 Å². The Morgan fingerprint density at radius 3 is 2.67 bits per heavy atom. The largest absolute Gasteiger partial charge is 0.390 e. The maximum Gasteiger partial charge on any atom is 0.0809 e. The third kappa shape index (κ3) is 1.63. The van der Waals surface area contributed by atoms with Crippen molar-refractivity contribution >= 4 is 11.8 Å². The second-order valence-corrected chi connectivity index (χ2v) is 5.26. The van der Waals surface area contributed by atoms with Crippen LogP contribution in [-0.4, -0.2) is 33.4 Å². The first kappa shape index (κ1) is 8.85. The van der Waals surface area contributed by atoms with Crippen molar-refractivity contribution in [3.05, 3.63) is 0 Å². The van der Waals surface area contributed by atoms with Gasteiger partial charge in [-0.05, 0) is 37.4 Å². The molecule has 1 aliphatic heterocycles. The lowest BCUT2D eigenvalue weighted by Crippen LogP contribution is -2.41. The van der Waals surface area contributed by atoms with Gasteiger partial charge in [-0.2, -0.15) is 11.8 Å². The third-order valence-corrected chi connectivity index (χ3v) is 4.57.